The summed E-state index contributed by atoms with van der Waals surface area (Å²) in [6.45, 7) is 2.82. The van der Waals surface area contributed by atoms with Crippen molar-refractivity contribution < 1.29 is 24.2 Å². The number of carboxylic acids is 1. The molecule has 6 heteroatoms. The Bertz CT molecular complexity index is 288. The SMILES string of the molecule is COCC(C)(CC(=O)O)NC(=O)C1CCOC1. The number of methoxy groups -OCH3 is 1. The molecule has 2 atom stereocenters. The fourth-order valence-corrected chi connectivity index (χ4v) is 1.92. The third-order valence-corrected chi connectivity index (χ3v) is 2.73. The maximum absolute atomic E-state index is 11.9. The molecule has 1 saturated heterocycles. The lowest BCUT2D eigenvalue weighted by atomic mass is 9.97. The van der Waals surface area contributed by atoms with E-state index in [0.29, 0.717) is 19.6 Å². The molecule has 0 aliphatic carbocycles. The molecule has 2 unspecified atom stereocenters. The van der Waals surface area contributed by atoms with Crippen LogP contribution < -0.4 is 5.32 Å². The molecule has 0 aromatic heterocycles. The number of aliphatic carboxylic acids is 1. The first-order valence-electron chi connectivity index (χ1n) is 5.57. The molecule has 2 N–H and O–H groups in total. The predicted molar refractivity (Wildman–Crippen MR) is 59.6 cm³/mol. The minimum Gasteiger partial charge on any atom is -0.481 e. The number of rotatable bonds is 6. The number of nitrogens with one attached hydrogen (secondary N) is 1. The first kappa shape index (κ1) is 13.9. The Morgan fingerprint density at radius 1 is 1.59 bits per heavy atom. The molecule has 1 amide bonds. The van der Waals surface area contributed by atoms with Gasteiger partial charge in [0.15, 0.2) is 0 Å². The van der Waals surface area contributed by atoms with Crippen molar-refractivity contribution in [1.82, 2.24) is 5.32 Å². The monoisotopic (exact) mass is 245 g/mol. The lowest BCUT2D eigenvalue weighted by Gasteiger charge is -2.29. The number of ether oxygens (including phenoxy) is 2. The Labute approximate surface area is 100 Å². The van der Waals surface area contributed by atoms with E-state index in [1.54, 1.807) is 6.92 Å². The summed E-state index contributed by atoms with van der Waals surface area (Å²) in [5, 5.41) is 11.6. The van der Waals surface area contributed by atoms with Crippen LogP contribution in [0.2, 0.25) is 0 Å². The van der Waals surface area contributed by atoms with Crippen LogP contribution >= 0.6 is 0 Å². The molecular formula is C11H19NO5. The van der Waals surface area contributed by atoms with Crippen LogP contribution in [0.25, 0.3) is 0 Å². The molecule has 0 aromatic carbocycles. The predicted octanol–water partition coefficient (Wildman–Crippen LogP) is 0.0189. The van der Waals surface area contributed by atoms with E-state index < -0.39 is 11.5 Å². The van der Waals surface area contributed by atoms with E-state index in [4.69, 9.17) is 14.6 Å². The summed E-state index contributed by atoms with van der Waals surface area (Å²) in [6, 6.07) is 0. The molecule has 0 saturated carbocycles. The minimum absolute atomic E-state index is 0.164. The van der Waals surface area contributed by atoms with Crippen LogP contribution in [0.15, 0.2) is 0 Å². The summed E-state index contributed by atoms with van der Waals surface area (Å²) in [4.78, 5) is 22.6. The minimum atomic E-state index is -0.965. The molecule has 6 nitrogen and oxygen atoms in total. The molecule has 1 rings (SSSR count). The van der Waals surface area contributed by atoms with Gasteiger partial charge in [-0.25, -0.2) is 0 Å². The van der Waals surface area contributed by atoms with E-state index in [2.05, 4.69) is 5.32 Å². The summed E-state index contributed by atoms with van der Waals surface area (Å²) >= 11 is 0. The van der Waals surface area contributed by atoms with Crippen LogP contribution in [0, 0.1) is 5.92 Å². The second-order valence-corrected chi connectivity index (χ2v) is 4.61. The molecule has 1 aliphatic rings. The van der Waals surface area contributed by atoms with Crippen LogP contribution in [-0.4, -0.2) is 49.5 Å². The number of hydrogen-bond acceptors (Lipinski definition) is 4. The van der Waals surface area contributed by atoms with Crippen molar-refractivity contribution in [2.45, 2.75) is 25.3 Å². The highest BCUT2D eigenvalue weighted by Crippen LogP contribution is 2.16. The van der Waals surface area contributed by atoms with Crippen LogP contribution in [0.3, 0.4) is 0 Å². The second-order valence-electron chi connectivity index (χ2n) is 4.61. The van der Waals surface area contributed by atoms with Crippen molar-refractivity contribution in [2.75, 3.05) is 26.9 Å². The summed E-state index contributed by atoms with van der Waals surface area (Å²) in [5.41, 5.74) is -0.875. The van der Waals surface area contributed by atoms with Gasteiger partial charge in [-0.2, -0.15) is 0 Å². The van der Waals surface area contributed by atoms with Crippen molar-refractivity contribution >= 4 is 11.9 Å². The molecule has 0 radical (unpaired) electrons. The van der Waals surface area contributed by atoms with Crippen molar-refractivity contribution in [3.63, 3.8) is 0 Å². The molecule has 1 fully saturated rings. The highest BCUT2D eigenvalue weighted by Gasteiger charge is 2.33. The maximum Gasteiger partial charge on any atom is 0.305 e. The normalized spacial score (nSPS) is 23.1. The van der Waals surface area contributed by atoms with Crippen molar-refractivity contribution in [3.05, 3.63) is 0 Å². The van der Waals surface area contributed by atoms with E-state index in [9.17, 15) is 9.59 Å². The third kappa shape index (κ3) is 4.32. The van der Waals surface area contributed by atoms with Gasteiger partial charge in [0.1, 0.15) is 0 Å². The molecule has 0 spiro atoms. The highest BCUT2D eigenvalue weighted by molar-refractivity contribution is 5.80. The fraction of sp³-hybridized carbons (Fsp3) is 0.818. The third-order valence-electron chi connectivity index (χ3n) is 2.73. The summed E-state index contributed by atoms with van der Waals surface area (Å²) < 4.78 is 10.1. The molecule has 0 aromatic rings. The van der Waals surface area contributed by atoms with Gasteiger partial charge in [0.05, 0.1) is 31.1 Å². The summed E-state index contributed by atoms with van der Waals surface area (Å²) in [7, 11) is 1.48. The van der Waals surface area contributed by atoms with Crippen LogP contribution in [0.5, 0.6) is 0 Å². The smallest absolute Gasteiger partial charge is 0.305 e. The van der Waals surface area contributed by atoms with Gasteiger partial charge in [-0.1, -0.05) is 0 Å². The summed E-state index contributed by atoms with van der Waals surface area (Å²) in [5.74, 6) is -1.31. The van der Waals surface area contributed by atoms with E-state index in [1.807, 2.05) is 0 Å². The standard InChI is InChI=1S/C11H19NO5/c1-11(7-16-2,5-9(13)14)12-10(15)8-3-4-17-6-8/h8H,3-7H2,1-2H3,(H,12,15)(H,13,14). The van der Waals surface area contributed by atoms with Gasteiger partial charge < -0.3 is 19.9 Å². The number of hydrogen-bond donors (Lipinski definition) is 2. The number of amides is 1. The molecule has 0 bridgehead atoms. The van der Waals surface area contributed by atoms with Crippen LogP contribution in [-0.2, 0) is 19.1 Å². The largest absolute Gasteiger partial charge is 0.481 e. The molecule has 1 aliphatic heterocycles. The van der Waals surface area contributed by atoms with Crippen molar-refractivity contribution in [3.8, 4) is 0 Å². The Kier molecular flexibility index (Phi) is 4.89. The first-order valence-corrected chi connectivity index (χ1v) is 5.57. The Morgan fingerprint density at radius 3 is 2.76 bits per heavy atom. The Morgan fingerprint density at radius 2 is 2.29 bits per heavy atom. The van der Waals surface area contributed by atoms with Gasteiger partial charge >= 0.3 is 5.97 Å². The van der Waals surface area contributed by atoms with Gasteiger partial charge in [-0.15, -0.1) is 0 Å². The lowest BCUT2D eigenvalue weighted by molar-refractivity contribution is -0.140. The number of carbonyl (C=O) groups excluding carboxylic acids is 1. The first-order chi connectivity index (χ1) is 7.97. The molecular weight excluding hydrogens is 226 g/mol. The van der Waals surface area contributed by atoms with Gasteiger partial charge in [-0.3, -0.25) is 9.59 Å². The Balaban J connectivity index is 2.58. The molecule has 17 heavy (non-hydrogen) atoms. The average Bonchev–Trinajstić information content (AvgIpc) is 2.68. The van der Waals surface area contributed by atoms with Crippen molar-refractivity contribution in [1.29, 1.82) is 0 Å². The number of carbonyl (C=O) groups is 2. The van der Waals surface area contributed by atoms with E-state index in [0.717, 1.165) is 0 Å². The quantitative estimate of drug-likeness (QED) is 0.689. The second kappa shape index (κ2) is 5.97. The van der Waals surface area contributed by atoms with Crippen LogP contribution in [0.4, 0.5) is 0 Å². The lowest BCUT2D eigenvalue weighted by Crippen LogP contribution is -2.52. The van der Waals surface area contributed by atoms with Gasteiger partial charge in [-0.05, 0) is 13.3 Å². The zero-order valence-corrected chi connectivity index (χ0v) is 10.2. The number of carboxylic acid groups (broad SMARTS) is 1. The topological polar surface area (TPSA) is 84.9 Å². The van der Waals surface area contributed by atoms with Crippen LogP contribution in [0.1, 0.15) is 19.8 Å². The van der Waals surface area contributed by atoms with Gasteiger partial charge in [0, 0.05) is 13.7 Å². The molecule has 1 heterocycles. The zero-order valence-electron chi connectivity index (χ0n) is 10.2. The van der Waals surface area contributed by atoms with E-state index >= 15 is 0 Å². The van der Waals surface area contributed by atoms with E-state index in [-0.39, 0.29) is 24.9 Å². The Hall–Kier alpha value is -1.14. The summed E-state index contributed by atoms with van der Waals surface area (Å²) in [6.07, 6.45) is 0.516. The maximum atomic E-state index is 11.9. The van der Waals surface area contributed by atoms with E-state index in [1.165, 1.54) is 7.11 Å². The highest BCUT2D eigenvalue weighted by atomic mass is 16.5. The fourth-order valence-electron chi connectivity index (χ4n) is 1.92. The molecule has 98 valence electrons. The zero-order chi connectivity index (χ0) is 12.9. The van der Waals surface area contributed by atoms with Gasteiger partial charge in [0.2, 0.25) is 5.91 Å². The van der Waals surface area contributed by atoms with Crippen molar-refractivity contribution in [2.24, 2.45) is 5.92 Å². The van der Waals surface area contributed by atoms with Gasteiger partial charge in [0.25, 0.3) is 0 Å². The average molecular weight is 245 g/mol.